The normalized spacial score (nSPS) is 12.2. The number of benzene rings is 2. The molecule has 0 spiro atoms. The van der Waals surface area contributed by atoms with Gasteiger partial charge in [-0.15, -0.1) is 0 Å². The third kappa shape index (κ3) is 3.87. The average molecular weight is 296 g/mol. The summed E-state index contributed by atoms with van der Waals surface area (Å²) in [6.45, 7) is 0.526. The van der Waals surface area contributed by atoms with E-state index in [1.54, 1.807) is 6.07 Å². The summed E-state index contributed by atoms with van der Waals surface area (Å²) in [6, 6.07) is 15.4. The first-order valence-corrected chi connectivity index (χ1v) is 6.76. The van der Waals surface area contributed by atoms with Crippen LogP contribution in [0.4, 0.5) is 0 Å². The third-order valence-corrected chi connectivity index (χ3v) is 3.59. The van der Waals surface area contributed by atoms with Crippen LogP contribution in [0.1, 0.15) is 11.6 Å². The van der Waals surface area contributed by atoms with Gasteiger partial charge in [0.25, 0.3) is 0 Å². The lowest BCUT2D eigenvalue weighted by molar-refractivity contribution is 0.273. The van der Waals surface area contributed by atoms with E-state index in [-0.39, 0.29) is 6.04 Å². The minimum Gasteiger partial charge on any atom is -0.492 e. The highest BCUT2D eigenvalue weighted by Gasteiger charge is 2.11. The van der Waals surface area contributed by atoms with Crippen LogP contribution in [0.5, 0.6) is 5.75 Å². The van der Waals surface area contributed by atoms with Gasteiger partial charge in [0.05, 0.1) is 16.1 Å². The summed E-state index contributed by atoms with van der Waals surface area (Å²) in [7, 11) is 1.89. The van der Waals surface area contributed by atoms with Crippen molar-refractivity contribution in [2.24, 2.45) is 0 Å². The molecule has 4 heteroatoms. The maximum absolute atomic E-state index is 6.03. The van der Waals surface area contributed by atoms with Crippen molar-refractivity contribution in [1.29, 1.82) is 0 Å². The van der Waals surface area contributed by atoms with Crippen LogP contribution in [-0.2, 0) is 0 Å². The van der Waals surface area contributed by atoms with E-state index in [0.717, 1.165) is 11.3 Å². The number of rotatable bonds is 5. The fraction of sp³-hybridized carbons (Fsp3) is 0.200. The van der Waals surface area contributed by atoms with Crippen LogP contribution in [0.15, 0.2) is 48.5 Å². The van der Waals surface area contributed by atoms with Gasteiger partial charge in [-0.05, 0) is 36.9 Å². The van der Waals surface area contributed by atoms with E-state index in [2.05, 4.69) is 5.32 Å². The van der Waals surface area contributed by atoms with Gasteiger partial charge in [0.1, 0.15) is 12.4 Å². The van der Waals surface area contributed by atoms with E-state index in [1.165, 1.54) is 0 Å². The molecule has 2 aromatic rings. The number of hydrogen-bond donors (Lipinski definition) is 1. The molecule has 2 nitrogen and oxygen atoms in total. The Hall–Kier alpha value is -1.22. The van der Waals surface area contributed by atoms with Gasteiger partial charge in [0.15, 0.2) is 0 Å². The smallest absolute Gasteiger partial charge is 0.119 e. The third-order valence-electron chi connectivity index (χ3n) is 2.85. The summed E-state index contributed by atoms with van der Waals surface area (Å²) in [5, 5.41) is 4.32. The molecule has 2 rings (SSSR count). The van der Waals surface area contributed by atoms with E-state index >= 15 is 0 Å². The summed E-state index contributed by atoms with van der Waals surface area (Å²) in [5.41, 5.74) is 1.05. The monoisotopic (exact) mass is 295 g/mol. The summed E-state index contributed by atoms with van der Waals surface area (Å²) in [4.78, 5) is 0. The second-order valence-electron chi connectivity index (χ2n) is 4.14. The zero-order valence-electron chi connectivity index (χ0n) is 10.6. The zero-order valence-corrected chi connectivity index (χ0v) is 12.1. The van der Waals surface area contributed by atoms with Gasteiger partial charge in [0, 0.05) is 0 Å². The Morgan fingerprint density at radius 2 is 1.79 bits per heavy atom. The molecule has 0 aliphatic carbocycles. The molecule has 2 aromatic carbocycles. The van der Waals surface area contributed by atoms with Gasteiger partial charge in [0.2, 0.25) is 0 Å². The molecule has 0 amide bonds. The second kappa shape index (κ2) is 6.80. The topological polar surface area (TPSA) is 21.3 Å². The van der Waals surface area contributed by atoms with Gasteiger partial charge in [-0.1, -0.05) is 47.5 Å². The van der Waals surface area contributed by atoms with Crippen molar-refractivity contribution in [3.63, 3.8) is 0 Å². The second-order valence-corrected chi connectivity index (χ2v) is 4.95. The van der Waals surface area contributed by atoms with Gasteiger partial charge >= 0.3 is 0 Å². The van der Waals surface area contributed by atoms with E-state index in [4.69, 9.17) is 27.9 Å². The Kier molecular flexibility index (Phi) is 5.08. The lowest BCUT2D eigenvalue weighted by Crippen LogP contribution is -2.23. The molecule has 0 saturated heterocycles. The molecule has 0 radical (unpaired) electrons. The molecule has 0 saturated carbocycles. The van der Waals surface area contributed by atoms with E-state index in [9.17, 15) is 0 Å². The van der Waals surface area contributed by atoms with E-state index in [0.29, 0.717) is 16.7 Å². The first-order chi connectivity index (χ1) is 9.20. The molecule has 0 aromatic heterocycles. The van der Waals surface area contributed by atoms with Crippen molar-refractivity contribution in [2.75, 3.05) is 13.7 Å². The van der Waals surface area contributed by atoms with Crippen LogP contribution >= 0.6 is 23.2 Å². The first-order valence-electron chi connectivity index (χ1n) is 6.01. The average Bonchev–Trinajstić information content (AvgIpc) is 2.44. The van der Waals surface area contributed by atoms with Crippen LogP contribution in [0.2, 0.25) is 10.0 Å². The lowest BCUT2D eigenvalue weighted by atomic mass is 10.1. The first kappa shape index (κ1) is 14.2. The predicted octanol–water partition coefficient (Wildman–Crippen LogP) is 4.33. The molecule has 1 N–H and O–H groups in total. The number of ether oxygens (including phenoxy) is 1. The Balaban J connectivity index is 2.05. The Morgan fingerprint density at radius 1 is 1.05 bits per heavy atom. The summed E-state index contributed by atoms with van der Waals surface area (Å²) in [5.74, 6) is 0.850. The molecule has 0 bridgehead atoms. The van der Waals surface area contributed by atoms with Crippen molar-refractivity contribution < 1.29 is 4.74 Å². The van der Waals surface area contributed by atoms with Crippen LogP contribution in [0.25, 0.3) is 0 Å². The lowest BCUT2D eigenvalue weighted by Gasteiger charge is -2.18. The number of halogens is 2. The van der Waals surface area contributed by atoms with Crippen molar-refractivity contribution in [3.05, 3.63) is 64.1 Å². The van der Waals surface area contributed by atoms with Crippen molar-refractivity contribution in [1.82, 2.24) is 5.32 Å². The fourth-order valence-corrected chi connectivity index (χ4v) is 2.08. The Bertz CT molecular complexity index is 531. The minimum absolute atomic E-state index is 0.0648. The summed E-state index contributed by atoms with van der Waals surface area (Å²) in [6.07, 6.45) is 0. The molecule has 0 heterocycles. The number of hydrogen-bond acceptors (Lipinski definition) is 2. The molecule has 0 fully saturated rings. The van der Waals surface area contributed by atoms with Crippen LogP contribution in [-0.4, -0.2) is 13.7 Å². The molecule has 1 atom stereocenters. The van der Waals surface area contributed by atoms with Crippen molar-refractivity contribution in [3.8, 4) is 5.75 Å². The van der Waals surface area contributed by atoms with Crippen molar-refractivity contribution >= 4 is 23.2 Å². The molecular formula is C15H15Cl2NO. The maximum Gasteiger partial charge on any atom is 0.119 e. The van der Waals surface area contributed by atoms with Gasteiger partial charge in [-0.3, -0.25) is 0 Å². The highest BCUT2D eigenvalue weighted by atomic mass is 35.5. The highest BCUT2D eigenvalue weighted by Crippen LogP contribution is 2.26. The fourth-order valence-electron chi connectivity index (χ4n) is 1.77. The minimum atomic E-state index is 0.0648. The van der Waals surface area contributed by atoms with E-state index < -0.39 is 0 Å². The summed E-state index contributed by atoms with van der Waals surface area (Å²) < 4.78 is 5.74. The number of likely N-dealkylation sites (N-methyl/N-ethyl adjacent to an activating group) is 1. The molecular weight excluding hydrogens is 281 g/mol. The molecule has 100 valence electrons. The van der Waals surface area contributed by atoms with Crippen LogP contribution < -0.4 is 10.1 Å². The van der Waals surface area contributed by atoms with Crippen LogP contribution in [0, 0.1) is 0 Å². The van der Waals surface area contributed by atoms with Gasteiger partial charge in [-0.25, -0.2) is 0 Å². The molecule has 1 unspecified atom stereocenters. The quantitative estimate of drug-likeness (QED) is 0.886. The van der Waals surface area contributed by atoms with Crippen LogP contribution in [0.3, 0.4) is 0 Å². The van der Waals surface area contributed by atoms with Gasteiger partial charge < -0.3 is 10.1 Å². The van der Waals surface area contributed by atoms with Crippen molar-refractivity contribution in [2.45, 2.75) is 6.04 Å². The number of para-hydroxylation sites is 1. The van der Waals surface area contributed by atoms with Gasteiger partial charge in [-0.2, -0.15) is 0 Å². The Morgan fingerprint density at radius 3 is 2.42 bits per heavy atom. The maximum atomic E-state index is 6.03. The molecule has 19 heavy (non-hydrogen) atoms. The highest BCUT2D eigenvalue weighted by molar-refractivity contribution is 6.42. The predicted molar refractivity (Wildman–Crippen MR) is 80.2 cm³/mol. The standard InChI is InChI=1S/C15H15Cl2NO/c1-18-15(10-19-12-5-3-2-4-6-12)11-7-8-13(16)14(17)9-11/h2-9,15,18H,10H2,1H3. The number of nitrogens with one attached hydrogen (secondary N) is 1. The molecule has 0 aliphatic heterocycles. The molecule has 0 aliphatic rings. The largest absolute Gasteiger partial charge is 0.492 e. The SMILES string of the molecule is CNC(COc1ccccc1)c1ccc(Cl)c(Cl)c1. The summed E-state index contributed by atoms with van der Waals surface area (Å²) >= 11 is 11.9. The Labute approximate surface area is 123 Å². The zero-order chi connectivity index (χ0) is 13.7. The van der Waals surface area contributed by atoms with E-state index in [1.807, 2.05) is 49.5 Å².